The fourth-order valence-electron chi connectivity index (χ4n) is 3.46. The first-order chi connectivity index (χ1) is 11.7. The van der Waals surface area contributed by atoms with Crippen molar-refractivity contribution >= 4 is 52.3 Å². The van der Waals surface area contributed by atoms with Crippen LogP contribution in [0, 0.1) is 5.92 Å². The summed E-state index contributed by atoms with van der Waals surface area (Å²) in [7, 11) is 2.00. The highest BCUT2D eigenvalue weighted by Crippen LogP contribution is 2.39. The molecule has 2 aromatic heterocycles. The van der Waals surface area contributed by atoms with Crippen molar-refractivity contribution in [1.82, 2.24) is 15.3 Å². The maximum atomic E-state index is 12.2. The number of nitrogens with zero attached hydrogens (tertiary/aromatic N) is 2. The van der Waals surface area contributed by atoms with Gasteiger partial charge in [-0.3, -0.25) is 4.79 Å². The standard InChI is InChI=1S/C17H22ClN5O.ClH/c1-19-11-3-2-6-23(9-11)15-12(18)7-20-16-14(15)13(8-21-16)22-17(24)10-4-5-10;/h7-8,10-11,19H,2-6,9H2,1H3,(H,20,21)(H,22,24);1H. The highest BCUT2D eigenvalue weighted by molar-refractivity contribution is 6.35. The number of hydrogen-bond acceptors (Lipinski definition) is 4. The van der Waals surface area contributed by atoms with E-state index >= 15 is 0 Å². The minimum absolute atomic E-state index is 0. The molecule has 3 N–H and O–H groups in total. The van der Waals surface area contributed by atoms with Crippen LogP contribution in [0.25, 0.3) is 11.0 Å². The zero-order valence-corrected chi connectivity index (χ0v) is 15.7. The van der Waals surface area contributed by atoms with Gasteiger partial charge in [-0.25, -0.2) is 4.98 Å². The number of aromatic nitrogens is 2. The van der Waals surface area contributed by atoms with Gasteiger partial charge in [0, 0.05) is 31.2 Å². The minimum atomic E-state index is 0. The number of amides is 1. The van der Waals surface area contributed by atoms with Crippen LogP contribution < -0.4 is 15.5 Å². The zero-order chi connectivity index (χ0) is 16.7. The Balaban J connectivity index is 0.00000182. The molecule has 25 heavy (non-hydrogen) atoms. The van der Waals surface area contributed by atoms with Crippen LogP contribution in [0.2, 0.25) is 5.02 Å². The van der Waals surface area contributed by atoms with Crippen LogP contribution in [0.3, 0.4) is 0 Å². The molecule has 1 atom stereocenters. The summed E-state index contributed by atoms with van der Waals surface area (Å²) in [5, 5.41) is 7.94. The second kappa shape index (κ2) is 7.40. The Morgan fingerprint density at radius 1 is 1.40 bits per heavy atom. The van der Waals surface area contributed by atoms with E-state index in [0.717, 1.165) is 61.2 Å². The molecule has 1 saturated heterocycles. The molecule has 3 heterocycles. The molecule has 0 radical (unpaired) electrons. The maximum absolute atomic E-state index is 12.2. The Hall–Kier alpha value is -1.50. The summed E-state index contributed by atoms with van der Waals surface area (Å²) < 4.78 is 0. The molecule has 1 saturated carbocycles. The third kappa shape index (κ3) is 3.57. The highest BCUT2D eigenvalue weighted by Gasteiger charge is 2.31. The van der Waals surface area contributed by atoms with Crippen LogP contribution in [-0.4, -0.2) is 42.1 Å². The Morgan fingerprint density at radius 2 is 2.20 bits per heavy atom. The third-order valence-corrected chi connectivity index (χ3v) is 5.26. The normalized spacial score (nSPS) is 20.4. The number of fused-ring (bicyclic) bond motifs is 1. The zero-order valence-electron chi connectivity index (χ0n) is 14.1. The molecule has 2 aliphatic rings. The van der Waals surface area contributed by atoms with Crippen molar-refractivity contribution < 1.29 is 4.79 Å². The highest BCUT2D eigenvalue weighted by atomic mass is 35.5. The SMILES string of the molecule is CNC1CCCN(c2c(Cl)cnc3[nH]cc(NC(=O)C4CC4)c23)C1.Cl. The number of carbonyl (C=O) groups excluding carboxylic acids is 1. The van der Waals surface area contributed by atoms with E-state index < -0.39 is 0 Å². The van der Waals surface area contributed by atoms with E-state index in [2.05, 4.69) is 25.5 Å². The second-order valence-corrected chi connectivity index (χ2v) is 7.13. The topological polar surface area (TPSA) is 73.1 Å². The lowest BCUT2D eigenvalue weighted by Crippen LogP contribution is -2.44. The van der Waals surface area contributed by atoms with Crippen LogP contribution >= 0.6 is 24.0 Å². The van der Waals surface area contributed by atoms with Crippen molar-refractivity contribution in [3.8, 4) is 0 Å². The predicted molar refractivity (Wildman–Crippen MR) is 104 cm³/mol. The van der Waals surface area contributed by atoms with Crippen LogP contribution in [0.1, 0.15) is 25.7 Å². The van der Waals surface area contributed by atoms with Gasteiger partial charge in [0.05, 0.1) is 28.0 Å². The van der Waals surface area contributed by atoms with Gasteiger partial charge in [0.15, 0.2) is 0 Å². The number of piperidine rings is 1. The number of carbonyl (C=O) groups is 1. The van der Waals surface area contributed by atoms with E-state index in [1.165, 1.54) is 0 Å². The van der Waals surface area contributed by atoms with Gasteiger partial charge in [-0.15, -0.1) is 12.4 Å². The molecule has 1 aliphatic carbocycles. The molecule has 0 spiro atoms. The molecule has 1 unspecified atom stereocenters. The summed E-state index contributed by atoms with van der Waals surface area (Å²) in [6.45, 7) is 1.86. The van der Waals surface area contributed by atoms with Crippen molar-refractivity contribution in [2.75, 3.05) is 30.4 Å². The molecule has 0 aromatic carbocycles. The third-order valence-electron chi connectivity index (χ3n) is 4.98. The first-order valence-corrected chi connectivity index (χ1v) is 8.94. The largest absolute Gasteiger partial charge is 0.368 e. The number of anilines is 2. The summed E-state index contributed by atoms with van der Waals surface area (Å²) >= 11 is 6.52. The average molecular weight is 384 g/mol. The van der Waals surface area contributed by atoms with Crippen molar-refractivity contribution in [1.29, 1.82) is 0 Å². The molecular formula is C17H23Cl2N5O. The molecule has 0 bridgehead atoms. The minimum Gasteiger partial charge on any atom is -0.368 e. The molecular weight excluding hydrogens is 361 g/mol. The Morgan fingerprint density at radius 3 is 2.92 bits per heavy atom. The van der Waals surface area contributed by atoms with Crippen molar-refractivity contribution in [2.45, 2.75) is 31.7 Å². The molecule has 6 nitrogen and oxygen atoms in total. The number of rotatable bonds is 4. The fraction of sp³-hybridized carbons (Fsp3) is 0.529. The number of H-pyrrole nitrogens is 1. The number of likely N-dealkylation sites (N-methyl/N-ethyl adjacent to an activating group) is 1. The monoisotopic (exact) mass is 383 g/mol. The van der Waals surface area contributed by atoms with Crippen LogP contribution in [0.5, 0.6) is 0 Å². The first-order valence-electron chi connectivity index (χ1n) is 8.56. The molecule has 1 aliphatic heterocycles. The van der Waals surface area contributed by atoms with E-state index in [1.54, 1.807) is 6.20 Å². The summed E-state index contributed by atoms with van der Waals surface area (Å²) in [5.41, 5.74) is 2.50. The Kier molecular flexibility index (Phi) is 5.41. The number of aromatic amines is 1. The van der Waals surface area contributed by atoms with Crippen LogP contribution in [-0.2, 0) is 4.79 Å². The van der Waals surface area contributed by atoms with Crippen LogP contribution in [0.4, 0.5) is 11.4 Å². The Bertz CT molecular complexity index is 774. The predicted octanol–water partition coefficient (Wildman–Crippen LogP) is 3.17. The summed E-state index contributed by atoms with van der Waals surface area (Å²) in [6.07, 6.45) is 7.74. The van der Waals surface area contributed by atoms with Crippen molar-refractivity contribution in [2.24, 2.45) is 5.92 Å². The lowest BCUT2D eigenvalue weighted by Gasteiger charge is -2.35. The molecule has 2 aromatic rings. The fourth-order valence-corrected chi connectivity index (χ4v) is 3.72. The molecule has 8 heteroatoms. The smallest absolute Gasteiger partial charge is 0.227 e. The molecule has 4 rings (SSSR count). The molecule has 2 fully saturated rings. The second-order valence-electron chi connectivity index (χ2n) is 6.72. The Labute approximate surface area is 158 Å². The lowest BCUT2D eigenvalue weighted by molar-refractivity contribution is -0.117. The van der Waals surface area contributed by atoms with E-state index in [1.807, 2.05) is 13.2 Å². The number of halogens is 2. The number of pyridine rings is 1. The summed E-state index contributed by atoms with van der Waals surface area (Å²) in [5.74, 6) is 0.253. The molecule has 1 amide bonds. The van der Waals surface area contributed by atoms with Crippen molar-refractivity contribution in [3.05, 3.63) is 17.4 Å². The van der Waals surface area contributed by atoms with Gasteiger partial charge < -0.3 is 20.5 Å². The van der Waals surface area contributed by atoms with Gasteiger partial charge in [0.1, 0.15) is 5.65 Å². The summed E-state index contributed by atoms with van der Waals surface area (Å²) in [6, 6.07) is 0.446. The number of nitrogens with one attached hydrogen (secondary N) is 3. The molecule has 136 valence electrons. The van der Waals surface area contributed by atoms with Gasteiger partial charge in [-0.2, -0.15) is 0 Å². The van der Waals surface area contributed by atoms with Gasteiger partial charge in [-0.05, 0) is 32.7 Å². The quantitative estimate of drug-likeness (QED) is 0.757. The maximum Gasteiger partial charge on any atom is 0.227 e. The van der Waals surface area contributed by atoms with E-state index in [-0.39, 0.29) is 24.2 Å². The van der Waals surface area contributed by atoms with Gasteiger partial charge >= 0.3 is 0 Å². The average Bonchev–Trinajstić information content (AvgIpc) is 3.38. The van der Waals surface area contributed by atoms with Gasteiger partial charge in [0.25, 0.3) is 0 Å². The van der Waals surface area contributed by atoms with Gasteiger partial charge in [0.2, 0.25) is 5.91 Å². The van der Waals surface area contributed by atoms with E-state index in [9.17, 15) is 4.79 Å². The van der Waals surface area contributed by atoms with E-state index in [4.69, 9.17) is 11.6 Å². The van der Waals surface area contributed by atoms with E-state index in [0.29, 0.717) is 11.1 Å². The summed E-state index contributed by atoms with van der Waals surface area (Å²) in [4.78, 5) is 22.0. The van der Waals surface area contributed by atoms with Crippen LogP contribution in [0.15, 0.2) is 12.4 Å². The first kappa shape index (κ1) is 18.3. The number of hydrogen-bond donors (Lipinski definition) is 3. The van der Waals surface area contributed by atoms with Crippen molar-refractivity contribution in [3.63, 3.8) is 0 Å². The van der Waals surface area contributed by atoms with Gasteiger partial charge in [-0.1, -0.05) is 11.6 Å². The lowest BCUT2D eigenvalue weighted by atomic mass is 10.0.